The third kappa shape index (κ3) is 16.5. The summed E-state index contributed by atoms with van der Waals surface area (Å²) in [7, 11) is 0. The Kier molecular flexibility index (Phi) is 13.7. The molecule has 0 aromatic heterocycles. The summed E-state index contributed by atoms with van der Waals surface area (Å²) in [6.07, 6.45) is 5.23. The van der Waals surface area contributed by atoms with E-state index in [9.17, 15) is 19.8 Å². The van der Waals surface area contributed by atoms with Crippen molar-refractivity contribution in [3.63, 3.8) is 0 Å². The zero-order valence-electron chi connectivity index (χ0n) is 9.00. The van der Waals surface area contributed by atoms with Crippen LogP contribution in [-0.4, -0.2) is 39.2 Å². The molecule has 15 heavy (non-hydrogen) atoms. The molecule has 0 bridgehead atoms. The first-order valence-corrected chi connectivity index (χ1v) is 5.02. The number of unbranched alkanes of at least 4 members (excludes halogenated alkanes) is 5. The van der Waals surface area contributed by atoms with Crippen molar-refractivity contribution >= 4 is 39.2 Å². The van der Waals surface area contributed by atoms with Gasteiger partial charge < -0.3 is 19.8 Å². The number of hydrogen-bond donors (Lipinski definition) is 0. The van der Waals surface area contributed by atoms with Crippen LogP contribution in [0.25, 0.3) is 0 Å². The zero-order valence-corrected chi connectivity index (χ0v) is 14.5. The molecule has 0 aliphatic rings. The predicted molar refractivity (Wildman–Crippen MR) is 55.5 cm³/mol. The summed E-state index contributed by atoms with van der Waals surface area (Å²) in [4.78, 5) is 20.1. The van der Waals surface area contributed by atoms with Gasteiger partial charge in [-0.05, 0) is 25.7 Å². The van der Waals surface area contributed by atoms with Gasteiger partial charge in [-0.1, -0.05) is 25.7 Å². The second-order valence-corrected chi connectivity index (χ2v) is 3.37. The van der Waals surface area contributed by atoms with Gasteiger partial charge in [-0.15, -0.1) is 0 Å². The van der Waals surface area contributed by atoms with E-state index in [1.165, 1.54) is 0 Å². The average molecular weight is 409 g/mol. The van der Waals surface area contributed by atoms with Crippen LogP contribution >= 0.6 is 0 Å². The van der Waals surface area contributed by atoms with Gasteiger partial charge in [0, 0.05) is 11.9 Å². The van der Waals surface area contributed by atoms with Crippen molar-refractivity contribution in [2.75, 3.05) is 0 Å². The van der Waals surface area contributed by atoms with Crippen LogP contribution < -0.4 is 10.2 Å². The van der Waals surface area contributed by atoms with Crippen molar-refractivity contribution in [2.45, 2.75) is 51.4 Å². The minimum atomic E-state index is -0.998. The Morgan fingerprint density at radius 3 is 1.20 bits per heavy atom. The van der Waals surface area contributed by atoms with Gasteiger partial charge in [0.25, 0.3) is 0 Å². The topological polar surface area (TPSA) is 80.3 Å². The minimum absolute atomic E-state index is 0. The molecule has 0 saturated carbocycles. The maximum atomic E-state index is 10.0. The molecule has 0 aromatic rings. The van der Waals surface area contributed by atoms with Gasteiger partial charge >= 0.3 is 27.3 Å². The number of carbonyl (C=O) groups is 2. The summed E-state index contributed by atoms with van der Waals surface area (Å²) >= 11 is 0. The van der Waals surface area contributed by atoms with Crippen molar-refractivity contribution < 1.29 is 19.8 Å². The second-order valence-electron chi connectivity index (χ2n) is 3.37. The monoisotopic (exact) mass is 410 g/mol. The van der Waals surface area contributed by atoms with Crippen molar-refractivity contribution in [2.24, 2.45) is 0 Å². The molecular weight excluding hydrogens is 391 g/mol. The SMILES string of the molecule is O=C([O-])CCCCCCCCC(=O)[O-].[PbH2+2]. The summed E-state index contributed by atoms with van der Waals surface area (Å²) < 4.78 is 0. The fourth-order valence-electron chi connectivity index (χ4n) is 1.25. The van der Waals surface area contributed by atoms with E-state index >= 15 is 0 Å². The molecule has 0 heterocycles. The molecule has 0 rings (SSSR count). The molecule has 0 atom stereocenters. The zero-order chi connectivity index (χ0) is 10.8. The average Bonchev–Trinajstić information content (AvgIpc) is 2.08. The molecule has 0 N–H and O–H groups in total. The molecule has 0 aliphatic heterocycles. The Morgan fingerprint density at radius 1 is 0.667 bits per heavy atom. The Labute approximate surface area is 110 Å². The first-order chi connectivity index (χ1) is 6.63. The van der Waals surface area contributed by atoms with Gasteiger partial charge in [-0.2, -0.15) is 0 Å². The molecule has 0 spiro atoms. The van der Waals surface area contributed by atoms with E-state index in [-0.39, 0.29) is 40.1 Å². The van der Waals surface area contributed by atoms with Crippen molar-refractivity contribution in [3.05, 3.63) is 0 Å². The molecule has 86 valence electrons. The predicted octanol–water partition coefficient (Wildman–Crippen LogP) is -1.31. The van der Waals surface area contributed by atoms with Crippen LogP contribution in [0.1, 0.15) is 51.4 Å². The Balaban J connectivity index is 0. The number of carbonyl (C=O) groups excluding carboxylic acids is 2. The molecule has 0 radical (unpaired) electrons. The summed E-state index contributed by atoms with van der Waals surface area (Å²) in [5.41, 5.74) is 0. The number of rotatable bonds is 9. The van der Waals surface area contributed by atoms with E-state index in [0.29, 0.717) is 12.8 Å². The molecule has 4 nitrogen and oxygen atoms in total. The molecule has 0 saturated heterocycles. The van der Waals surface area contributed by atoms with E-state index < -0.39 is 11.9 Å². The van der Waals surface area contributed by atoms with E-state index in [0.717, 1.165) is 25.7 Å². The van der Waals surface area contributed by atoms with E-state index in [4.69, 9.17) is 0 Å². The van der Waals surface area contributed by atoms with Crippen LogP contribution in [0.4, 0.5) is 0 Å². The maximum absolute atomic E-state index is 10.0. The summed E-state index contributed by atoms with van der Waals surface area (Å²) in [6.45, 7) is 0. The van der Waals surface area contributed by atoms with Crippen LogP contribution in [0.15, 0.2) is 0 Å². The molecule has 0 amide bonds. The fourth-order valence-corrected chi connectivity index (χ4v) is 1.25. The Morgan fingerprint density at radius 2 is 0.933 bits per heavy atom. The van der Waals surface area contributed by atoms with Crippen molar-refractivity contribution in [1.29, 1.82) is 0 Å². The molecule has 0 aromatic carbocycles. The standard InChI is InChI=1S/C10H18O4.Pb.2H/c11-9(12)7-5-3-1-2-4-6-8-10(13)14;;;/h1-8H2,(H,11,12)(H,13,14);;;/q;+2;;/p-2. The first-order valence-electron chi connectivity index (χ1n) is 5.02. The van der Waals surface area contributed by atoms with Gasteiger partial charge in [-0.25, -0.2) is 0 Å². The number of aliphatic carboxylic acids is 2. The normalized spacial score (nSPS) is 9.33. The Bertz CT molecular complexity index is 162. The number of carboxylic acid groups (broad SMARTS) is 2. The molecule has 5 heteroatoms. The van der Waals surface area contributed by atoms with Crippen molar-refractivity contribution in [3.8, 4) is 0 Å². The van der Waals surface area contributed by atoms with Crippen molar-refractivity contribution in [1.82, 2.24) is 0 Å². The van der Waals surface area contributed by atoms with Crippen LogP contribution in [0, 0.1) is 0 Å². The Hall–Kier alpha value is -0.138. The number of carboxylic acids is 2. The first kappa shape index (κ1) is 17.3. The van der Waals surface area contributed by atoms with E-state index in [1.54, 1.807) is 0 Å². The molecule has 0 unspecified atom stereocenters. The van der Waals surface area contributed by atoms with Gasteiger partial charge in [0.15, 0.2) is 0 Å². The fraction of sp³-hybridized carbons (Fsp3) is 0.800. The van der Waals surface area contributed by atoms with Gasteiger partial charge in [0.1, 0.15) is 0 Å². The van der Waals surface area contributed by atoms with E-state index in [1.807, 2.05) is 0 Å². The van der Waals surface area contributed by atoms with Crippen LogP contribution in [-0.2, 0) is 9.59 Å². The molecule has 0 fully saturated rings. The molecular formula is C10H18O4Pb. The third-order valence-corrected chi connectivity index (χ3v) is 2.01. The van der Waals surface area contributed by atoms with Gasteiger partial charge in [0.05, 0.1) is 0 Å². The van der Waals surface area contributed by atoms with Gasteiger partial charge in [0.2, 0.25) is 0 Å². The molecule has 0 aliphatic carbocycles. The van der Waals surface area contributed by atoms with Crippen LogP contribution in [0.5, 0.6) is 0 Å². The van der Waals surface area contributed by atoms with Gasteiger partial charge in [-0.3, -0.25) is 0 Å². The van der Waals surface area contributed by atoms with Crippen LogP contribution in [0.2, 0.25) is 0 Å². The summed E-state index contributed by atoms with van der Waals surface area (Å²) in [5, 5.41) is 20.1. The van der Waals surface area contributed by atoms with Crippen LogP contribution in [0.3, 0.4) is 0 Å². The third-order valence-electron chi connectivity index (χ3n) is 2.01. The quantitative estimate of drug-likeness (QED) is 0.350. The summed E-state index contributed by atoms with van der Waals surface area (Å²) in [5.74, 6) is -2.00. The number of hydrogen-bond acceptors (Lipinski definition) is 4. The van der Waals surface area contributed by atoms with E-state index in [2.05, 4.69) is 0 Å². The summed E-state index contributed by atoms with van der Waals surface area (Å²) in [6, 6.07) is 0. The second kappa shape index (κ2) is 11.9.